The van der Waals surface area contributed by atoms with Gasteiger partial charge in [-0.3, -0.25) is 0 Å². The van der Waals surface area contributed by atoms with Gasteiger partial charge in [0.05, 0.1) is 31.4 Å². The van der Waals surface area contributed by atoms with E-state index in [-0.39, 0.29) is 18.8 Å². The first-order chi connectivity index (χ1) is 12.9. The summed E-state index contributed by atoms with van der Waals surface area (Å²) in [7, 11) is 0. The number of alkyl halides is 3. The van der Waals surface area contributed by atoms with Crippen LogP contribution in [0.2, 0.25) is 0 Å². The lowest BCUT2D eigenvalue weighted by atomic mass is 9.96. The van der Waals surface area contributed by atoms with Crippen LogP contribution in [0.1, 0.15) is 37.3 Å². The predicted molar refractivity (Wildman–Crippen MR) is 96.4 cm³/mol. The topological polar surface area (TPSA) is 54.9 Å². The Morgan fingerprint density at radius 2 is 2.11 bits per heavy atom. The number of nitrogens with zero attached hydrogens (tertiary/aromatic N) is 1. The third kappa shape index (κ3) is 6.10. The summed E-state index contributed by atoms with van der Waals surface area (Å²) in [6.07, 6.45) is -0.461. The van der Waals surface area contributed by atoms with Crippen molar-refractivity contribution < 1.29 is 22.6 Å². The van der Waals surface area contributed by atoms with Crippen LogP contribution in [0.25, 0.3) is 0 Å². The standard InChI is InChI=1S/C19H26F3N3O2/c1-2-23-18(25-16-9-15-6-7-17(16)27-15)24-10-13-4-3-5-14(8-13)11-26-12-19(20,21)22/h3-5,8,15-17H,2,6-7,9-12H2,1H3,(H2,23,24,25). The first-order valence-corrected chi connectivity index (χ1v) is 9.35. The zero-order chi connectivity index (χ0) is 19.3. The molecule has 1 aromatic rings. The van der Waals surface area contributed by atoms with Gasteiger partial charge in [0, 0.05) is 6.54 Å². The fourth-order valence-electron chi connectivity index (χ4n) is 3.56. The number of hydrogen-bond donors (Lipinski definition) is 2. The molecule has 0 spiro atoms. The molecule has 2 aliphatic heterocycles. The minimum atomic E-state index is -4.31. The summed E-state index contributed by atoms with van der Waals surface area (Å²) in [5.74, 6) is 0.734. The zero-order valence-electron chi connectivity index (χ0n) is 15.4. The molecule has 2 aliphatic rings. The molecule has 0 saturated carbocycles. The monoisotopic (exact) mass is 385 g/mol. The van der Waals surface area contributed by atoms with Crippen molar-refractivity contribution in [1.29, 1.82) is 0 Å². The fourth-order valence-corrected chi connectivity index (χ4v) is 3.56. The van der Waals surface area contributed by atoms with Crippen LogP contribution in [-0.2, 0) is 22.6 Å². The molecule has 5 nitrogen and oxygen atoms in total. The fraction of sp³-hybridized carbons (Fsp3) is 0.632. The number of halogens is 3. The normalized spacial score (nSPS) is 25.0. The van der Waals surface area contributed by atoms with E-state index in [1.54, 1.807) is 12.1 Å². The van der Waals surface area contributed by atoms with E-state index in [0.29, 0.717) is 18.2 Å². The van der Waals surface area contributed by atoms with Gasteiger partial charge in [-0.05, 0) is 37.3 Å². The SMILES string of the molecule is CCNC(=NCc1cccc(COCC(F)(F)F)c1)NC1CC2CCC1O2. The van der Waals surface area contributed by atoms with Gasteiger partial charge in [0.15, 0.2) is 5.96 Å². The summed E-state index contributed by atoms with van der Waals surface area (Å²) >= 11 is 0. The maximum Gasteiger partial charge on any atom is 0.411 e. The highest BCUT2D eigenvalue weighted by atomic mass is 19.4. The van der Waals surface area contributed by atoms with Gasteiger partial charge in [-0.2, -0.15) is 13.2 Å². The average molecular weight is 385 g/mol. The number of hydrogen-bond acceptors (Lipinski definition) is 3. The van der Waals surface area contributed by atoms with E-state index in [1.165, 1.54) is 0 Å². The van der Waals surface area contributed by atoms with Crippen molar-refractivity contribution in [2.75, 3.05) is 13.2 Å². The van der Waals surface area contributed by atoms with Crippen LogP contribution in [0.5, 0.6) is 0 Å². The third-order valence-corrected chi connectivity index (χ3v) is 4.72. The van der Waals surface area contributed by atoms with Crippen molar-refractivity contribution in [3.8, 4) is 0 Å². The molecule has 2 saturated heterocycles. The van der Waals surface area contributed by atoms with Crippen molar-refractivity contribution in [2.24, 2.45) is 4.99 Å². The molecule has 1 aromatic carbocycles. The van der Waals surface area contributed by atoms with E-state index in [4.69, 9.17) is 9.47 Å². The molecule has 0 aromatic heterocycles. The van der Waals surface area contributed by atoms with E-state index in [2.05, 4.69) is 15.6 Å². The molecular formula is C19H26F3N3O2. The van der Waals surface area contributed by atoms with E-state index in [1.807, 2.05) is 19.1 Å². The number of guanidine groups is 1. The number of fused-ring (bicyclic) bond motifs is 2. The highest BCUT2D eigenvalue weighted by Gasteiger charge is 2.41. The average Bonchev–Trinajstić information content (AvgIpc) is 3.22. The van der Waals surface area contributed by atoms with Gasteiger partial charge in [-0.25, -0.2) is 4.99 Å². The summed E-state index contributed by atoms with van der Waals surface area (Å²) < 4.78 is 47.1. The number of ether oxygens (including phenoxy) is 2. The van der Waals surface area contributed by atoms with Gasteiger partial charge in [-0.15, -0.1) is 0 Å². The lowest BCUT2D eigenvalue weighted by molar-refractivity contribution is -0.176. The molecule has 3 atom stereocenters. The highest BCUT2D eigenvalue weighted by Crippen LogP contribution is 2.34. The molecule has 27 heavy (non-hydrogen) atoms. The first kappa shape index (κ1) is 19.9. The van der Waals surface area contributed by atoms with Crippen LogP contribution in [0.4, 0.5) is 13.2 Å². The molecule has 0 amide bonds. The smallest absolute Gasteiger partial charge is 0.373 e. The molecular weight excluding hydrogens is 359 g/mol. The lowest BCUT2D eigenvalue weighted by Crippen LogP contribution is -2.47. The zero-order valence-corrected chi connectivity index (χ0v) is 15.4. The second-order valence-electron chi connectivity index (χ2n) is 6.98. The van der Waals surface area contributed by atoms with Crippen molar-refractivity contribution in [3.05, 3.63) is 35.4 Å². The maximum absolute atomic E-state index is 12.2. The Morgan fingerprint density at radius 1 is 1.30 bits per heavy atom. The van der Waals surface area contributed by atoms with Crippen LogP contribution >= 0.6 is 0 Å². The van der Waals surface area contributed by atoms with E-state index in [9.17, 15) is 13.2 Å². The molecule has 3 unspecified atom stereocenters. The summed E-state index contributed by atoms with van der Waals surface area (Å²) in [5, 5.41) is 6.69. The maximum atomic E-state index is 12.2. The Kier molecular flexibility index (Phi) is 6.59. The molecule has 150 valence electrons. The molecule has 2 fully saturated rings. The van der Waals surface area contributed by atoms with Crippen molar-refractivity contribution in [3.63, 3.8) is 0 Å². The molecule has 0 aliphatic carbocycles. The van der Waals surface area contributed by atoms with Crippen LogP contribution in [0.3, 0.4) is 0 Å². The Morgan fingerprint density at radius 3 is 2.78 bits per heavy atom. The quantitative estimate of drug-likeness (QED) is 0.559. The van der Waals surface area contributed by atoms with E-state index < -0.39 is 12.8 Å². The van der Waals surface area contributed by atoms with Crippen molar-refractivity contribution in [1.82, 2.24) is 10.6 Å². The number of nitrogens with one attached hydrogen (secondary N) is 2. The Labute approximate surface area is 157 Å². The molecule has 3 rings (SSSR count). The van der Waals surface area contributed by atoms with Gasteiger partial charge < -0.3 is 20.1 Å². The predicted octanol–water partition coefficient (Wildman–Crippen LogP) is 3.14. The van der Waals surface area contributed by atoms with E-state index >= 15 is 0 Å². The molecule has 2 N–H and O–H groups in total. The highest BCUT2D eigenvalue weighted by molar-refractivity contribution is 5.80. The Balaban J connectivity index is 1.54. The summed E-state index contributed by atoms with van der Waals surface area (Å²) in [4.78, 5) is 4.61. The molecule has 8 heteroatoms. The van der Waals surface area contributed by atoms with Gasteiger partial charge in [0.25, 0.3) is 0 Å². The summed E-state index contributed by atoms with van der Waals surface area (Å²) in [6, 6.07) is 7.56. The van der Waals surface area contributed by atoms with Gasteiger partial charge in [0.1, 0.15) is 6.61 Å². The third-order valence-electron chi connectivity index (χ3n) is 4.72. The van der Waals surface area contributed by atoms with Gasteiger partial charge in [0.2, 0.25) is 0 Å². The minimum absolute atomic E-state index is 0.0716. The molecule has 0 radical (unpaired) electrons. The Hall–Kier alpha value is -1.80. The Bertz CT molecular complexity index is 651. The molecule has 2 bridgehead atoms. The van der Waals surface area contributed by atoms with Gasteiger partial charge >= 0.3 is 6.18 Å². The van der Waals surface area contributed by atoms with Crippen molar-refractivity contribution in [2.45, 2.75) is 63.8 Å². The van der Waals surface area contributed by atoms with Crippen LogP contribution < -0.4 is 10.6 Å². The lowest BCUT2D eigenvalue weighted by Gasteiger charge is -2.22. The first-order valence-electron chi connectivity index (χ1n) is 9.35. The van der Waals surface area contributed by atoms with Crippen LogP contribution in [0.15, 0.2) is 29.3 Å². The molecule has 2 heterocycles. The number of benzene rings is 1. The largest absolute Gasteiger partial charge is 0.411 e. The summed E-state index contributed by atoms with van der Waals surface area (Å²) in [5.41, 5.74) is 1.62. The number of aliphatic imine (C=N–C) groups is 1. The van der Waals surface area contributed by atoms with Crippen LogP contribution in [0, 0.1) is 0 Å². The second kappa shape index (κ2) is 8.93. The number of rotatable bonds is 7. The van der Waals surface area contributed by atoms with E-state index in [0.717, 1.165) is 37.3 Å². The summed E-state index contributed by atoms with van der Waals surface area (Å²) in [6.45, 7) is 1.88. The van der Waals surface area contributed by atoms with Crippen molar-refractivity contribution >= 4 is 5.96 Å². The van der Waals surface area contributed by atoms with Crippen LogP contribution in [-0.4, -0.2) is 43.5 Å². The van der Waals surface area contributed by atoms with Gasteiger partial charge in [-0.1, -0.05) is 24.3 Å². The minimum Gasteiger partial charge on any atom is -0.373 e. The second-order valence-corrected chi connectivity index (χ2v) is 6.98.